The molecule has 0 atom stereocenters. The van der Waals surface area contributed by atoms with Gasteiger partial charge in [0.1, 0.15) is 13.2 Å². The second-order valence-corrected chi connectivity index (χ2v) is 5.80. The topological polar surface area (TPSA) is 57.5 Å². The molecule has 0 radical (unpaired) electrons. The van der Waals surface area contributed by atoms with E-state index in [-0.39, 0.29) is 0 Å². The Kier molecular flexibility index (Phi) is 4.80. The Morgan fingerprint density at radius 3 is 2.59 bits per heavy atom. The number of fused-ring (bicyclic) bond motifs is 1. The second kappa shape index (κ2) is 6.98. The van der Waals surface area contributed by atoms with Gasteiger partial charge in [0.05, 0.1) is 5.71 Å². The highest BCUT2D eigenvalue weighted by atomic mass is 16.6. The minimum absolute atomic E-state index is 0.559. The zero-order chi connectivity index (χ0) is 15.4. The van der Waals surface area contributed by atoms with Crippen molar-refractivity contribution >= 4 is 5.71 Å². The van der Waals surface area contributed by atoms with E-state index in [1.54, 1.807) is 0 Å². The molecular weight excluding hydrogens is 282 g/mol. The summed E-state index contributed by atoms with van der Waals surface area (Å²) in [4.78, 5) is 4.74. The average molecular weight is 305 g/mol. The monoisotopic (exact) mass is 305 g/mol. The molecule has 0 spiro atoms. The molecule has 1 fully saturated rings. The molecule has 3 rings (SSSR count). The fourth-order valence-corrected chi connectivity index (χ4v) is 2.81. The number of ether oxygens (including phenoxy) is 2. The first-order chi connectivity index (χ1) is 10.8. The van der Waals surface area contributed by atoms with Crippen molar-refractivity contribution in [3.63, 3.8) is 0 Å². The molecule has 1 N–H and O–H groups in total. The standard InChI is InChI=1S/C16H23N3O3/c1-18-6-8-19(9-7-18)5-4-14(17-20)13-2-3-15-16(12-13)22-11-10-21-15/h2-3,12,20H,4-11H2,1H3/b17-14-. The fourth-order valence-electron chi connectivity index (χ4n) is 2.81. The zero-order valence-electron chi connectivity index (χ0n) is 13.0. The van der Waals surface area contributed by atoms with E-state index in [9.17, 15) is 5.21 Å². The van der Waals surface area contributed by atoms with Crippen LogP contribution in [0.2, 0.25) is 0 Å². The SMILES string of the molecule is CN1CCN(CC/C(=N/O)c2ccc3c(c2)OCCO3)CC1. The van der Waals surface area contributed by atoms with Crippen LogP contribution in [0, 0.1) is 0 Å². The molecule has 0 saturated carbocycles. The summed E-state index contributed by atoms with van der Waals surface area (Å²) in [7, 11) is 2.15. The smallest absolute Gasteiger partial charge is 0.162 e. The summed E-state index contributed by atoms with van der Waals surface area (Å²) in [5, 5.41) is 12.8. The molecule has 0 amide bonds. The van der Waals surface area contributed by atoms with Crippen LogP contribution < -0.4 is 9.47 Å². The molecule has 1 saturated heterocycles. The van der Waals surface area contributed by atoms with E-state index in [0.29, 0.717) is 18.9 Å². The Labute approximate surface area is 130 Å². The Hall–Kier alpha value is -1.79. The van der Waals surface area contributed by atoms with Crippen LogP contribution in [0.1, 0.15) is 12.0 Å². The third-order valence-corrected chi connectivity index (χ3v) is 4.26. The fraction of sp³-hybridized carbons (Fsp3) is 0.562. The lowest BCUT2D eigenvalue weighted by atomic mass is 10.1. The number of rotatable bonds is 4. The number of oxime groups is 1. The Bertz CT molecular complexity index is 539. The average Bonchev–Trinajstić information content (AvgIpc) is 2.57. The summed E-state index contributed by atoms with van der Waals surface area (Å²) < 4.78 is 11.1. The summed E-state index contributed by atoms with van der Waals surface area (Å²) in [6.45, 7) is 6.36. The molecule has 0 aromatic heterocycles. The molecule has 22 heavy (non-hydrogen) atoms. The maximum Gasteiger partial charge on any atom is 0.162 e. The maximum absolute atomic E-state index is 9.34. The largest absolute Gasteiger partial charge is 0.486 e. The van der Waals surface area contributed by atoms with E-state index >= 15 is 0 Å². The van der Waals surface area contributed by atoms with Gasteiger partial charge in [-0.15, -0.1) is 0 Å². The first-order valence-corrected chi connectivity index (χ1v) is 7.78. The third kappa shape index (κ3) is 3.51. The van der Waals surface area contributed by atoms with Crippen LogP contribution in [0.15, 0.2) is 23.4 Å². The molecule has 0 bridgehead atoms. The van der Waals surface area contributed by atoms with E-state index in [4.69, 9.17) is 9.47 Å². The van der Waals surface area contributed by atoms with Crippen LogP contribution in [-0.4, -0.2) is 73.7 Å². The van der Waals surface area contributed by atoms with Gasteiger partial charge < -0.3 is 24.5 Å². The number of hydrogen-bond acceptors (Lipinski definition) is 6. The molecular formula is C16H23N3O3. The van der Waals surface area contributed by atoms with Crippen LogP contribution in [0.5, 0.6) is 11.5 Å². The van der Waals surface area contributed by atoms with Crippen LogP contribution in [0.4, 0.5) is 0 Å². The van der Waals surface area contributed by atoms with Crippen molar-refractivity contribution in [2.24, 2.45) is 5.16 Å². The van der Waals surface area contributed by atoms with E-state index in [2.05, 4.69) is 22.0 Å². The number of nitrogens with zero attached hydrogens (tertiary/aromatic N) is 3. The van der Waals surface area contributed by atoms with E-state index in [1.807, 2.05) is 18.2 Å². The van der Waals surface area contributed by atoms with Gasteiger partial charge in [0, 0.05) is 44.7 Å². The maximum atomic E-state index is 9.34. The second-order valence-electron chi connectivity index (χ2n) is 5.80. The van der Waals surface area contributed by atoms with Gasteiger partial charge in [-0.05, 0) is 25.2 Å². The lowest BCUT2D eigenvalue weighted by molar-refractivity contribution is 0.157. The molecule has 1 aromatic carbocycles. The van der Waals surface area contributed by atoms with Crippen molar-refractivity contribution in [3.05, 3.63) is 23.8 Å². The number of hydrogen-bond donors (Lipinski definition) is 1. The van der Waals surface area contributed by atoms with Crippen LogP contribution in [-0.2, 0) is 0 Å². The lowest BCUT2D eigenvalue weighted by Gasteiger charge is -2.32. The van der Waals surface area contributed by atoms with Crippen molar-refractivity contribution in [2.45, 2.75) is 6.42 Å². The molecule has 0 unspecified atom stereocenters. The molecule has 2 aliphatic rings. The molecule has 2 aliphatic heterocycles. The van der Waals surface area contributed by atoms with Crippen molar-refractivity contribution < 1.29 is 14.7 Å². The van der Waals surface area contributed by atoms with Crippen LogP contribution in [0.3, 0.4) is 0 Å². The van der Waals surface area contributed by atoms with Gasteiger partial charge in [0.25, 0.3) is 0 Å². The van der Waals surface area contributed by atoms with Crippen molar-refractivity contribution in [1.82, 2.24) is 9.80 Å². The highest BCUT2D eigenvalue weighted by molar-refractivity contribution is 6.00. The third-order valence-electron chi connectivity index (χ3n) is 4.26. The summed E-state index contributed by atoms with van der Waals surface area (Å²) >= 11 is 0. The van der Waals surface area contributed by atoms with Gasteiger partial charge in [-0.3, -0.25) is 0 Å². The van der Waals surface area contributed by atoms with E-state index in [1.165, 1.54) is 0 Å². The van der Waals surface area contributed by atoms with E-state index < -0.39 is 0 Å². The number of piperazine rings is 1. The molecule has 2 heterocycles. The molecule has 6 heteroatoms. The summed E-state index contributed by atoms with van der Waals surface area (Å²) in [5.41, 5.74) is 1.58. The first kappa shape index (κ1) is 15.1. The predicted molar refractivity (Wildman–Crippen MR) is 84.3 cm³/mol. The number of likely N-dealkylation sites (N-methyl/N-ethyl adjacent to an activating group) is 1. The Balaban J connectivity index is 1.62. The highest BCUT2D eigenvalue weighted by Crippen LogP contribution is 2.31. The van der Waals surface area contributed by atoms with E-state index in [0.717, 1.165) is 56.2 Å². The van der Waals surface area contributed by atoms with Gasteiger partial charge in [0.2, 0.25) is 0 Å². The van der Waals surface area contributed by atoms with Gasteiger partial charge in [0.15, 0.2) is 11.5 Å². The lowest BCUT2D eigenvalue weighted by Crippen LogP contribution is -2.45. The molecule has 6 nitrogen and oxygen atoms in total. The Morgan fingerprint density at radius 1 is 1.14 bits per heavy atom. The van der Waals surface area contributed by atoms with Crippen LogP contribution in [0.25, 0.3) is 0 Å². The first-order valence-electron chi connectivity index (χ1n) is 7.78. The van der Waals surface area contributed by atoms with Gasteiger partial charge in [-0.1, -0.05) is 5.16 Å². The molecule has 120 valence electrons. The quantitative estimate of drug-likeness (QED) is 0.516. The van der Waals surface area contributed by atoms with Crippen molar-refractivity contribution in [2.75, 3.05) is 53.0 Å². The van der Waals surface area contributed by atoms with Gasteiger partial charge in [-0.2, -0.15) is 0 Å². The molecule has 0 aliphatic carbocycles. The number of benzene rings is 1. The normalized spacial score (nSPS) is 20.1. The predicted octanol–water partition coefficient (Wildman–Crippen LogP) is 1.27. The molecule has 1 aromatic rings. The zero-order valence-corrected chi connectivity index (χ0v) is 13.0. The van der Waals surface area contributed by atoms with Crippen molar-refractivity contribution in [1.29, 1.82) is 0 Å². The summed E-state index contributed by atoms with van der Waals surface area (Å²) in [5.74, 6) is 1.48. The van der Waals surface area contributed by atoms with Crippen molar-refractivity contribution in [3.8, 4) is 11.5 Å². The summed E-state index contributed by atoms with van der Waals surface area (Å²) in [6.07, 6.45) is 0.722. The van der Waals surface area contributed by atoms with Crippen LogP contribution >= 0.6 is 0 Å². The van der Waals surface area contributed by atoms with Gasteiger partial charge in [-0.25, -0.2) is 0 Å². The minimum Gasteiger partial charge on any atom is -0.486 e. The Morgan fingerprint density at radius 2 is 1.86 bits per heavy atom. The minimum atomic E-state index is 0.559. The van der Waals surface area contributed by atoms with Gasteiger partial charge >= 0.3 is 0 Å². The summed E-state index contributed by atoms with van der Waals surface area (Å²) in [6, 6.07) is 5.70. The highest BCUT2D eigenvalue weighted by Gasteiger charge is 2.17.